The van der Waals surface area contributed by atoms with E-state index in [2.05, 4.69) is 15.4 Å². The summed E-state index contributed by atoms with van der Waals surface area (Å²) in [5, 5.41) is 7.18. The predicted octanol–water partition coefficient (Wildman–Crippen LogP) is 1.37. The molecule has 0 unspecified atom stereocenters. The third-order valence-corrected chi connectivity index (χ3v) is 3.07. The monoisotopic (exact) mass is 269 g/mol. The number of nitrogens with one attached hydrogen (secondary N) is 1. The fourth-order valence-electron chi connectivity index (χ4n) is 2.09. The van der Waals surface area contributed by atoms with Gasteiger partial charge < -0.3 is 9.88 Å². The molecule has 0 aliphatic carbocycles. The van der Waals surface area contributed by atoms with Crippen LogP contribution >= 0.6 is 0 Å². The molecule has 0 bridgehead atoms. The van der Waals surface area contributed by atoms with Crippen molar-refractivity contribution < 1.29 is 0 Å². The van der Waals surface area contributed by atoms with E-state index in [4.69, 9.17) is 0 Å². The van der Waals surface area contributed by atoms with Crippen LogP contribution < -0.4 is 10.9 Å². The molecule has 20 heavy (non-hydrogen) atoms. The van der Waals surface area contributed by atoms with Crippen LogP contribution in [0, 0.1) is 0 Å². The van der Waals surface area contributed by atoms with Crippen molar-refractivity contribution in [3.05, 3.63) is 58.9 Å². The SMILES string of the molecule is CCNc1ccc(Cn2ccn3nccc3c2=O)cn1. The number of anilines is 1. The summed E-state index contributed by atoms with van der Waals surface area (Å²) in [5.41, 5.74) is 1.50. The van der Waals surface area contributed by atoms with E-state index in [1.807, 2.05) is 19.1 Å². The molecule has 0 saturated heterocycles. The fraction of sp³-hybridized carbons (Fsp3) is 0.214. The van der Waals surface area contributed by atoms with Gasteiger partial charge in [0.05, 0.1) is 12.7 Å². The summed E-state index contributed by atoms with van der Waals surface area (Å²) < 4.78 is 3.23. The first-order chi connectivity index (χ1) is 9.78. The molecule has 0 aliphatic heterocycles. The van der Waals surface area contributed by atoms with Gasteiger partial charge in [0, 0.05) is 25.1 Å². The standard InChI is InChI=1S/C14H15N5O/c1-2-15-13-4-3-11(9-16-13)10-18-7-8-19-12(14(18)20)5-6-17-19/h3-9H,2,10H2,1H3,(H,15,16). The predicted molar refractivity (Wildman–Crippen MR) is 77.0 cm³/mol. The minimum atomic E-state index is -0.0549. The highest BCUT2D eigenvalue weighted by molar-refractivity contribution is 5.42. The van der Waals surface area contributed by atoms with Crippen LogP contribution in [0.1, 0.15) is 12.5 Å². The van der Waals surface area contributed by atoms with Crippen molar-refractivity contribution in [2.24, 2.45) is 0 Å². The molecule has 0 aromatic carbocycles. The summed E-state index contributed by atoms with van der Waals surface area (Å²) in [5.74, 6) is 0.842. The van der Waals surface area contributed by atoms with E-state index in [9.17, 15) is 4.79 Å². The van der Waals surface area contributed by atoms with E-state index >= 15 is 0 Å². The molecular formula is C14H15N5O. The molecule has 0 radical (unpaired) electrons. The zero-order chi connectivity index (χ0) is 13.9. The highest BCUT2D eigenvalue weighted by atomic mass is 16.1. The summed E-state index contributed by atoms with van der Waals surface area (Å²) in [4.78, 5) is 16.5. The van der Waals surface area contributed by atoms with Gasteiger partial charge in [0.1, 0.15) is 11.3 Å². The molecule has 3 aromatic heterocycles. The average molecular weight is 269 g/mol. The van der Waals surface area contributed by atoms with Crippen molar-refractivity contribution in [1.82, 2.24) is 19.2 Å². The molecule has 3 heterocycles. The second-order valence-electron chi connectivity index (χ2n) is 4.47. The Morgan fingerprint density at radius 1 is 1.25 bits per heavy atom. The van der Waals surface area contributed by atoms with E-state index in [0.29, 0.717) is 12.1 Å². The number of hydrogen-bond donors (Lipinski definition) is 1. The van der Waals surface area contributed by atoms with Crippen LogP contribution in [0.15, 0.2) is 47.8 Å². The van der Waals surface area contributed by atoms with Gasteiger partial charge in [0.25, 0.3) is 5.56 Å². The van der Waals surface area contributed by atoms with E-state index < -0.39 is 0 Å². The summed E-state index contributed by atoms with van der Waals surface area (Å²) in [6.07, 6.45) is 6.91. The van der Waals surface area contributed by atoms with Gasteiger partial charge in [-0.15, -0.1) is 0 Å². The van der Waals surface area contributed by atoms with Crippen molar-refractivity contribution in [2.75, 3.05) is 11.9 Å². The molecule has 0 saturated carbocycles. The number of hydrogen-bond acceptors (Lipinski definition) is 4. The Morgan fingerprint density at radius 2 is 2.15 bits per heavy atom. The summed E-state index contributed by atoms with van der Waals surface area (Å²) in [6, 6.07) is 5.60. The maximum absolute atomic E-state index is 12.2. The van der Waals surface area contributed by atoms with Gasteiger partial charge in [0.2, 0.25) is 0 Å². The maximum Gasteiger partial charge on any atom is 0.276 e. The summed E-state index contributed by atoms with van der Waals surface area (Å²) in [6.45, 7) is 3.36. The van der Waals surface area contributed by atoms with Gasteiger partial charge >= 0.3 is 0 Å². The Bertz CT molecular complexity index is 772. The van der Waals surface area contributed by atoms with Crippen LogP contribution in [0.3, 0.4) is 0 Å². The minimum Gasteiger partial charge on any atom is -0.370 e. The number of fused-ring (bicyclic) bond motifs is 1. The second-order valence-corrected chi connectivity index (χ2v) is 4.47. The first-order valence-corrected chi connectivity index (χ1v) is 6.49. The molecule has 3 aromatic rings. The van der Waals surface area contributed by atoms with E-state index in [-0.39, 0.29) is 5.56 Å². The van der Waals surface area contributed by atoms with Crippen LogP contribution in [-0.2, 0) is 6.54 Å². The molecule has 0 atom stereocenters. The van der Waals surface area contributed by atoms with Crippen molar-refractivity contribution >= 4 is 11.3 Å². The third kappa shape index (κ3) is 2.27. The fourth-order valence-corrected chi connectivity index (χ4v) is 2.09. The molecule has 3 rings (SSSR count). The molecule has 102 valence electrons. The Hall–Kier alpha value is -2.63. The molecule has 6 heteroatoms. The minimum absolute atomic E-state index is 0.0549. The zero-order valence-electron chi connectivity index (χ0n) is 11.2. The molecule has 0 fully saturated rings. The largest absolute Gasteiger partial charge is 0.370 e. The maximum atomic E-state index is 12.2. The first kappa shape index (κ1) is 12.4. The first-order valence-electron chi connectivity index (χ1n) is 6.49. The van der Waals surface area contributed by atoms with Crippen molar-refractivity contribution in [3.8, 4) is 0 Å². The van der Waals surface area contributed by atoms with E-state index in [1.54, 1.807) is 39.9 Å². The van der Waals surface area contributed by atoms with Crippen molar-refractivity contribution in [1.29, 1.82) is 0 Å². The van der Waals surface area contributed by atoms with Gasteiger partial charge in [-0.05, 0) is 24.6 Å². The van der Waals surface area contributed by atoms with Crippen LogP contribution in [0.5, 0.6) is 0 Å². The second kappa shape index (κ2) is 5.16. The normalized spacial score (nSPS) is 10.8. The number of rotatable bonds is 4. The van der Waals surface area contributed by atoms with Gasteiger partial charge in [-0.2, -0.15) is 5.10 Å². The van der Waals surface area contributed by atoms with E-state index in [0.717, 1.165) is 17.9 Å². The quantitative estimate of drug-likeness (QED) is 0.777. The van der Waals surface area contributed by atoms with Crippen LogP contribution in [0.25, 0.3) is 5.52 Å². The lowest BCUT2D eigenvalue weighted by atomic mass is 10.2. The van der Waals surface area contributed by atoms with Crippen LogP contribution in [0.4, 0.5) is 5.82 Å². The molecular weight excluding hydrogens is 254 g/mol. The van der Waals surface area contributed by atoms with Crippen molar-refractivity contribution in [3.63, 3.8) is 0 Å². The van der Waals surface area contributed by atoms with Gasteiger partial charge in [-0.3, -0.25) is 4.79 Å². The van der Waals surface area contributed by atoms with Gasteiger partial charge in [-0.1, -0.05) is 6.07 Å². The van der Waals surface area contributed by atoms with Gasteiger partial charge in [0.15, 0.2) is 0 Å². The Morgan fingerprint density at radius 3 is 2.90 bits per heavy atom. The summed E-state index contributed by atoms with van der Waals surface area (Å²) in [7, 11) is 0. The van der Waals surface area contributed by atoms with Crippen molar-refractivity contribution in [2.45, 2.75) is 13.5 Å². The Balaban J connectivity index is 1.88. The lowest BCUT2D eigenvalue weighted by molar-refractivity contribution is 0.740. The highest BCUT2D eigenvalue weighted by Crippen LogP contribution is 2.06. The zero-order valence-corrected chi connectivity index (χ0v) is 11.2. The average Bonchev–Trinajstić information content (AvgIpc) is 2.94. The van der Waals surface area contributed by atoms with Crippen LogP contribution in [0.2, 0.25) is 0 Å². The number of nitrogens with zero attached hydrogens (tertiary/aromatic N) is 4. The van der Waals surface area contributed by atoms with E-state index in [1.165, 1.54) is 0 Å². The number of pyridine rings is 1. The topological polar surface area (TPSA) is 64.2 Å². The third-order valence-electron chi connectivity index (χ3n) is 3.07. The Labute approximate surface area is 115 Å². The number of aromatic nitrogens is 4. The smallest absolute Gasteiger partial charge is 0.276 e. The van der Waals surface area contributed by atoms with Gasteiger partial charge in [-0.25, -0.2) is 9.50 Å². The Kier molecular flexibility index (Phi) is 3.20. The lowest BCUT2D eigenvalue weighted by Gasteiger charge is -2.07. The molecule has 1 N–H and O–H groups in total. The molecule has 6 nitrogen and oxygen atoms in total. The molecule has 0 spiro atoms. The molecule has 0 amide bonds. The highest BCUT2D eigenvalue weighted by Gasteiger charge is 2.04. The van der Waals surface area contributed by atoms with Crippen LogP contribution in [-0.4, -0.2) is 25.7 Å². The summed E-state index contributed by atoms with van der Waals surface area (Å²) >= 11 is 0. The lowest BCUT2D eigenvalue weighted by Crippen LogP contribution is -2.21. The molecule has 0 aliphatic rings.